The number of nitrogens with one attached hydrogen (secondary N) is 1. The Balaban J connectivity index is 1.60. The van der Waals surface area contributed by atoms with Gasteiger partial charge in [-0.3, -0.25) is 4.79 Å². The van der Waals surface area contributed by atoms with Crippen molar-refractivity contribution in [2.24, 2.45) is 0 Å². The zero-order chi connectivity index (χ0) is 16.2. The Bertz CT molecular complexity index is 827. The zero-order valence-electron chi connectivity index (χ0n) is 12.6. The van der Waals surface area contributed by atoms with Gasteiger partial charge in [0.2, 0.25) is 0 Å². The summed E-state index contributed by atoms with van der Waals surface area (Å²) in [5.41, 5.74) is 1.12. The number of hydrogen-bond acceptors (Lipinski definition) is 3. The first-order chi connectivity index (χ1) is 11.2. The molecule has 23 heavy (non-hydrogen) atoms. The van der Waals surface area contributed by atoms with Gasteiger partial charge in [-0.25, -0.2) is 4.39 Å². The molecule has 3 rings (SSSR count). The lowest BCUT2D eigenvalue weighted by Crippen LogP contribution is -2.24. The Morgan fingerprint density at radius 2 is 2.00 bits per heavy atom. The van der Waals surface area contributed by atoms with E-state index in [2.05, 4.69) is 5.32 Å². The standard InChI is InChI=1S/C18H16FNO2S/c1-22-13-7-5-12(6-8-13)9-10-20-18(21)17-11-14-15(19)3-2-4-16(14)23-17/h2-8,11H,9-10H2,1H3,(H,20,21). The van der Waals surface area contributed by atoms with Gasteiger partial charge in [-0.2, -0.15) is 0 Å². The second-order valence-corrected chi connectivity index (χ2v) is 6.20. The maximum absolute atomic E-state index is 13.7. The summed E-state index contributed by atoms with van der Waals surface area (Å²) in [4.78, 5) is 12.7. The smallest absolute Gasteiger partial charge is 0.261 e. The van der Waals surface area contributed by atoms with Crippen molar-refractivity contribution in [2.45, 2.75) is 6.42 Å². The van der Waals surface area contributed by atoms with Crippen LogP contribution in [-0.2, 0) is 6.42 Å². The number of benzene rings is 2. The minimum absolute atomic E-state index is 0.167. The first-order valence-electron chi connectivity index (χ1n) is 7.26. The molecule has 0 aliphatic heterocycles. The van der Waals surface area contributed by atoms with Gasteiger partial charge < -0.3 is 10.1 Å². The molecule has 3 aromatic rings. The maximum atomic E-state index is 13.7. The molecule has 0 fully saturated rings. The number of carbonyl (C=O) groups is 1. The van der Waals surface area contributed by atoms with Crippen LogP contribution in [0.15, 0.2) is 48.5 Å². The molecule has 0 saturated heterocycles. The van der Waals surface area contributed by atoms with Gasteiger partial charge in [-0.1, -0.05) is 18.2 Å². The fourth-order valence-corrected chi connectivity index (χ4v) is 3.33. The number of halogens is 1. The third-order valence-corrected chi connectivity index (χ3v) is 4.69. The van der Waals surface area contributed by atoms with E-state index in [9.17, 15) is 9.18 Å². The lowest BCUT2D eigenvalue weighted by atomic mass is 10.1. The molecular formula is C18H16FNO2S. The van der Waals surface area contributed by atoms with Gasteiger partial charge in [-0.05, 0) is 42.3 Å². The van der Waals surface area contributed by atoms with E-state index < -0.39 is 0 Å². The molecular weight excluding hydrogens is 313 g/mol. The predicted octanol–water partition coefficient (Wildman–Crippen LogP) is 4.02. The Kier molecular flexibility index (Phi) is 4.57. The third-order valence-electron chi connectivity index (χ3n) is 3.59. The molecule has 0 aliphatic carbocycles. The highest BCUT2D eigenvalue weighted by Crippen LogP contribution is 2.27. The molecule has 0 atom stereocenters. The number of fused-ring (bicyclic) bond motifs is 1. The van der Waals surface area contributed by atoms with Gasteiger partial charge in [0, 0.05) is 16.6 Å². The van der Waals surface area contributed by atoms with Crippen molar-refractivity contribution in [2.75, 3.05) is 13.7 Å². The summed E-state index contributed by atoms with van der Waals surface area (Å²) >= 11 is 1.30. The normalized spacial score (nSPS) is 10.7. The van der Waals surface area contributed by atoms with E-state index in [1.807, 2.05) is 30.3 Å². The van der Waals surface area contributed by atoms with E-state index in [-0.39, 0.29) is 11.7 Å². The van der Waals surface area contributed by atoms with Crippen molar-refractivity contribution < 1.29 is 13.9 Å². The fourth-order valence-electron chi connectivity index (χ4n) is 2.34. The van der Waals surface area contributed by atoms with Crippen molar-refractivity contribution in [1.29, 1.82) is 0 Å². The summed E-state index contributed by atoms with van der Waals surface area (Å²) in [6, 6.07) is 14.2. The van der Waals surface area contributed by atoms with Crippen LogP contribution in [0.25, 0.3) is 10.1 Å². The van der Waals surface area contributed by atoms with Crippen LogP contribution in [0.2, 0.25) is 0 Å². The highest BCUT2D eigenvalue weighted by molar-refractivity contribution is 7.20. The van der Waals surface area contributed by atoms with Gasteiger partial charge in [0.05, 0.1) is 12.0 Å². The largest absolute Gasteiger partial charge is 0.497 e. The molecule has 0 unspecified atom stereocenters. The third kappa shape index (κ3) is 3.51. The number of carbonyl (C=O) groups excluding carboxylic acids is 1. The summed E-state index contributed by atoms with van der Waals surface area (Å²) in [6.45, 7) is 0.530. The molecule has 0 saturated carbocycles. The van der Waals surface area contributed by atoms with E-state index in [4.69, 9.17) is 4.74 Å². The molecule has 0 spiro atoms. The first kappa shape index (κ1) is 15.5. The van der Waals surface area contributed by atoms with Crippen LogP contribution in [0.5, 0.6) is 5.75 Å². The fraction of sp³-hybridized carbons (Fsp3) is 0.167. The van der Waals surface area contributed by atoms with Crippen LogP contribution in [0.1, 0.15) is 15.2 Å². The minimum Gasteiger partial charge on any atom is -0.497 e. The van der Waals surface area contributed by atoms with Crippen molar-refractivity contribution in [3.63, 3.8) is 0 Å². The zero-order valence-corrected chi connectivity index (χ0v) is 13.5. The van der Waals surface area contributed by atoms with Gasteiger partial charge >= 0.3 is 0 Å². The molecule has 118 valence electrons. The SMILES string of the molecule is COc1ccc(CCNC(=O)c2cc3c(F)cccc3s2)cc1. The predicted molar refractivity (Wildman–Crippen MR) is 90.8 cm³/mol. The average molecular weight is 329 g/mol. The molecule has 0 bridgehead atoms. The van der Waals surface area contributed by atoms with E-state index in [0.717, 1.165) is 22.4 Å². The molecule has 3 nitrogen and oxygen atoms in total. The Labute approximate surface area is 137 Å². The van der Waals surface area contributed by atoms with Crippen LogP contribution in [-0.4, -0.2) is 19.6 Å². The molecule has 1 heterocycles. The Morgan fingerprint density at radius 1 is 1.22 bits per heavy atom. The quantitative estimate of drug-likeness (QED) is 0.768. The first-order valence-corrected chi connectivity index (χ1v) is 8.08. The monoisotopic (exact) mass is 329 g/mol. The summed E-state index contributed by atoms with van der Waals surface area (Å²) in [6.07, 6.45) is 0.731. The van der Waals surface area contributed by atoms with Crippen LogP contribution in [0.4, 0.5) is 4.39 Å². The highest BCUT2D eigenvalue weighted by Gasteiger charge is 2.11. The van der Waals surface area contributed by atoms with Gasteiger partial charge in [0.15, 0.2) is 0 Å². The minimum atomic E-state index is -0.295. The molecule has 5 heteroatoms. The van der Waals surface area contributed by atoms with Crippen molar-refractivity contribution in [3.8, 4) is 5.75 Å². The lowest BCUT2D eigenvalue weighted by molar-refractivity contribution is 0.0958. The summed E-state index contributed by atoms with van der Waals surface area (Å²) in [5, 5.41) is 3.37. The maximum Gasteiger partial charge on any atom is 0.261 e. The molecule has 1 aromatic heterocycles. The average Bonchev–Trinajstić information content (AvgIpc) is 3.01. The van der Waals surface area contributed by atoms with E-state index in [1.54, 1.807) is 19.2 Å². The Hall–Kier alpha value is -2.40. The number of methoxy groups -OCH3 is 1. The highest BCUT2D eigenvalue weighted by atomic mass is 32.1. The van der Waals surface area contributed by atoms with Gasteiger partial charge in [-0.15, -0.1) is 11.3 Å². The van der Waals surface area contributed by atoms with E-state index in [0.29, 0.717) is 16.8 Å². The second kappa shape index (κ2) is 6.79. The van der Waals surface area contributed by atoms with Crippen LogP contribution >= 0.6 is 11.3 Å². The number of hydrogen-bond donors (Lipinski definition) is 1. The van der Waals surface area contributed by atoms with Crippen LogP contribution < -0.4 is 10.1 Å². The van der Waals surface area contributed by atoms with Crippen LogP contribution in [0, 0.1) is 5.82 Å². The van der Waals surface area contributed by atoms with Crippen molar-refractivity contribution in [1.82, 2.24) is 5.32 Å². The molecule has 0 aliphatic rings. The van der Waals surface area contributed by atoms with Gasteiger partial charge in [0.1, 0.15) is 11.6 Å². The number of thiophene rings is 1. The second-order valence-electron chi connectivity index (χ2n) is 5.12. The molecule has 1 N–H and O–H groups in total. The van der Waals surface area contributed by atoms with Crippen molar-refractivity contribution >= 4 is 27.3 Å². The Morgan fingerprint density at radius 3 is 2.70 bits per heavy atom. The molecule has 2 aromatic carbocycles. The summed E-state index contributed by atoms with van der Waals surface area (Å²) < 4.78 is 19.6. The molecule has 0 radical (unpaired) electrons. The topological polar surface area (TPSA) is 38.3 Å². The van der Waals surface area contributed by atoms with E-state index >= 15 is 0 Å². The summed E-state index contributed by atoms with van der Waals surface area (Å²) in [5.74, 6) is 0.347. The van der Waals surface area contributed by atoms with E-state index in [1.165, 1.54) is 17.4 Å². The lowest BCUT2D eigenvalue weighted by Gasteiger charge is -2.05. The van der Waals surface area contributed by atoms with Crippen LogP contribution in [0.3, 0.4) is 0 Å². The number of rotatable bonds is 5. The van der Waals surface area contributed by atoms with Gasteiger partial charge in [0.25, 0.3) is 5.91 Å². The number of ether oxygens (including phenoxy) is 1. The van der Waals surface area contributed by atoms with Crippen molar-refractivity contribution in [3.05, 3.63) is 64.8 Å². The molecule has 1 amide bonds. The summed E-state index contributed by atoms with van der Waals surface area (Å²) in [7, 11) is 1.63. The number of amides is 1.